The highest BCUT2D eigenvalue weighted by Gasteiger charge is 2.37. The topological polar surface area (TPSA) is 124 Å². The first-order valence-corrected chi connectivity index (χ1v) is 12.6. The molecule has 3 heterocycles. The fraction of sp³-hybridized carbons (Fsp3) is 0.560. The maximum absolute atomic E-state index is 13.3. The summed E-state index contributed by atoms with van der Waals surface area (Å²) in [6, 6.07) is 3.19. The molecule has 0 spiro atoms. The zero-order valence-electron chi connectivity index (χ0n) is 21.3. The van der Waals surface area contributed by atoms with Crippen LogP contribution in [0.2, 0.25) is 5.02 Å². The quantitative estimate of drug-likeness (QED) is 0.339. The van der Waals surface area contributed by atoms with Gasteiger partial charge >= 0.3 is 0 Å². The predicted octanol–water partition coefficient (Wildman–Crippen LogP) is 2.76. The van der Waals surface area contributed by atoms with Gasteiger partial charge in [0, 0.05) is 51.0 Å². The second-order valence-corrected chi connectivity index (χ2v) is 10.2. The summed E-state index contributed by atoms with van der Waals surface area (Å²) in [5.41, 5.74) is 7.42. The predicted molar refractivity (Wildman–Crippen MR) is 139 cm³/mol. The number of likely N-dealkylation sites (tertiary alicyclic amines) is 1. The van der Waals surface area contributed by atoms with Crippen LogP contribution in [0.5, 0.6) is 11.6 Å². The van der Waals surface area contributed by atoms with Crippen molar-refractivity contribution in [3.05, 3.63) is 34.5 Å². The average molecular weight is 519 g/mol. The van der Waals surface area contributed by atoms with Gasteiger partial charge in [-0.3, -0.25) is 4.79 Å². The van der Waals surface area contributed by atoms with Crippen molar-refractivity contribution in [2.45, 2.75) is 50.9 Å². The molecule has 2 aromatic rings. The maximum atomic E-state index is 13.3. The number of halogens is 1. The molecule has 1 fully saturated rings. The van der Waals surface area contributed by atoms with E-state index in [0.717, 1.165) is 44.6 Å². The molecule has 0 unspecified atom stereocenters. The van der Waals surface area contributed by atoms with Crippen LogP contribution < -0.4 is 25.8 Å². The number of hydrogen-bond acceptors (Lipinski definition) is 9. The third-order valence-electron chi connectivity index (χ3n) is 6.63. The zero-order valence-corrected chi connectivity index (χ0v) is 22.0. The van der Waals surface area contributed by atoms with Crippen LogP contribution in [0.15, 0.2) is 18.3 Å². The molecule has 2 atom stereocenters. The number of nitrogens with two attached hydrogens (primary N) is 1. The Morgan fingerprint density at radius 3 is 2.94 bits per heavy atom. The van der Waals surface area contributed by atoms with Crippen molar-refractivity contribution in [1.29, 1.82) is 0 Å². The molecule has 11 heteroatoms. The lowest BCUT2D eigenvalue weighted by Gasteiger charge is -2.38. The number of carbonyl (C=O) groups excluding carboxylic acids is 1. The van der Waals surface area contributed by atoms with E-state index in [1.807, 2.05) is 13.8 Å². The standard InChI is InChI=1S/C25H35ClN6O4/c1-25(2)13-16-21(27)17(26)12-15(22(16)36-25)23(33)30-18-7-11-32(14-19(18)34-3)10-5-8-28-24-29-9-6-20(31-24)35-4/h6,9,12,18-19H,5,7-8,10-11,13-14,27H2,1-4H3,(H,30,33)(H,28,29,31)/t18-,19+/m1/s1. The lowest BCUT2D eigenvalue weighted by molar-refractivity contribution is 0.00634. The number of aromatic nitrogens is 2. The molecule has 1 aromatic carbocycles. The summed E-state index contributed by atoms with van der Waals surface area (Å²) in [4.78, 5) is 24.1. The highest BCUT2D eigenvalue weighted by Crippen LogP contribution is 2.44. The summed E-state index contributed by atoms with van der Waals surface area (Å²) < 4.78 is 17.0. The second kappa shape index (κ2) is 11.1. The highest BCUT2D eigenvalue weighted by atomic mass is 35.5. The largest absolute Gasteiger partial charge is 0.486 e. The SMILES string of the molecule is COc1ccnc(NCCCN2CC[C@@H](NC(=O)c3cc(Cl)c(N)c4c3OC(C)(C)C4)[C@@H](OC)C2)n1. The van der Waals surface area contributed by atoms with Gasteiger partial charge in [0.15, 0.2) is 0 Å². The van der Waals surface area contributed by atoms with Crippen LogP contribution >= 0.6 is 11.6 Å². The van der Waals surface area contributed by atoms with Crippen molar-refractivity contribution < 1.29 is 19.0 Å². The minimum Gasteiger partial charge on any atom is -0.486 e. The van der Waals surface area contributed by atoms with E-state index in [9.17, 15) is 4.79 Å². The fourth-order valence-electron chi connectivity index (χ4n) is 4.78. The van der Waals surface area contributed by atoms with Crippen LogP contribution in [-0.4, -0.2) is 78.9 Å². The molecule has 1 amide bonds. The molecule has 2 aliphatic rings. The number of methoxy groups -OCH3 is 2. The number of carbonyl (C=O) groups is 1. The molecule has 4 rings (SSSR count). The van der Waals surface area contributed by atoms with E-state index in [0.29, 0.717) is 40.3 Å². The monoisotopic (exact) mass is 518 g/mol. The van der Waals surface area contributed by atoms with Gasteiger partial charge in [0.1, 0.15) is 11.4 Å². The fourth-order valence-corrected chi connectivity index (χ4v) is 5.00. The molecule has 196 valence electrons. The molecule has 36 heavy (non-hydrogen) atoms. The Hall–Kier alpha value is -2.82. The van der Waals surface area contributed by atoms with Crippen molar-refractivity contribution >= 4 is 29.1 Å². The maximum Gasteiger partial charge on any atom is 0.255 e. The normalized spacial score (nSPS) is 20.9. The van der Waals surface area contributed by atoms with E-state index in [-0.39, 0.29) is 18.1 Å². The number of amides is 1. The summed E-state index contributed by atoms with van der Waals surface area (Å²) in [5, 5.41) is 6.74. The van der Waals surface area contributed by atoms with Crippen LogP contribution in [0.1, 0.15) is 42.6 Å². The summed E-state index contributed by atoms with van der Waals surface area (Å²) in [5.74, 6) is 1.38. The zero-order chi connectivity index (χ0) is 25.9. The van der Waals surface area contributed by atoms with Crippen molar-refractivity contribution in [3.63, 3.8) is 0 Å². The van der Waals surface area contributed by atoms with Crippen LogP contribution in [-0.2, 0) is 11.2 Å². The Bertz CT molecular complexity index is 1100. The number of rotatable bonds is 9. The molecule has 2 aliphatic heterocycles. The number of piperidine rings is 1. The van der Waals surface area contributed by atoms with Gasteiger partial charge in [-0.1, -0.05) is 11.6 Å². The van der Waals surface area contributed by atoms with Crippen LogP contribution in [0.3, 0.4) is 0 Å². The first-order valence-electron chi connectivity index (χ1n) is 12.2. The van der Waals surface area contributed by atoms with Crippen LogP contribution in [0.25, 0.3) is 0 Å². The number of benzene rings is 1. The Morgan fingerprint density at radius 2 is 2.19 bits per heavy atom. The second-order valence-electron chi connectivity index (χ2n) is 9.81. The smallest absolute Gasteiger partial charge is 0.255 e. The molecule has 0 radical (unpaired) electrons. The van der Waals surface area contributed by atoms with Crippen molar-refractivity contribution in [2.24, 2.45) is 0 Å². The van der Waals surface area contributed by atoms with Gasteiger partial charge in [-0.05, 0) is 39.3 Å². The van der Waals surface area contributed by atoms with Crippen molar-refractivity contribution in [3.8, 4) is 11.6 Å². The number of hydrogen-bond donors (Lipinski definition) is 3. The number of nitrogens with zero attached hydrogens (tertiary/aromatic N) is 3. The summed E-state index contributed by atoms with van der Waals surface area (Å²) in [6.07, 6.45) is 3.82. The first-order chi connectivity index (χ1) is 17.2. The van der Waals surface area contributed by atoms with E-state index in [1.165, 1.54) is 0 Å². The Kier molecular flexibility index (Phi) is 8.07. The van der Waals surface area contributed by atoms with E-state index < -0.39 is 5.60 Å². The third kappa shape index (κ3) is 5.93. The minimum absolute atomic E-state index is 0.122. The molecular weight excluding hydrogens is 484 g/mol. The molecule has 1 aromatic heterocycles. The first kappa shape index (κ1) is 26.2. The number of fused-ring (bicyclic) bond motifs is 1. The van der Waals surface area contributed by atoms with Gasteiger partial charge in [-0.15, -0.1) is 0 Å². The molecule has 0 bridgehead atoms. The van der Waals surface area contributed by atoms with Crippen LogP contribution in [0, 0.1) is 0 Å². The minimum atomic E-state index is -0.440. The number of anilines is 2. The number of nitrogens with one attached hydrogen (secondary N) is 2. The molecule has 0 saturated carbocycles. The third-order valence-corrected chi connectivity index (χ3v) is 6.95. The molecule has 0 aliphatic carbocycles. The van der Waals surface area contributed by atoms with Gasteiger partial charge in [-0.25, -0.2) is 4.98 Å². The van der Waals surface area contributed by atoms with Gasteiger partial charge in [0.05, 0.1) is 35.5 Å². The molecular formula is C25H35ClN6O4. The summed E-state index contributed by atoms with van der Waals surface area (Å²) in [7, 11) is 3.26. The molecule has 10 nitrogen and oxygen atoms in total. The molecule has 4 N–H and O–H groups in total. The van der Waals surface area contributed by atoms with Crippen LogP contribution in [0.4, 0.5) is 11.6 Å². The Balaban J connectivity index is 1.31. The summed E-state index contributed by atoms with van der Waals surface area (Å²) in [6.45, 7) is 7.14. The summed E-state index contributed by atoms with van der Waals surface area (Å²) >= 11 is 6.36. The molecule has 1 saturated heterocycles. The number of ether oxygens (including phenoxy) is 3. The van der Waals surface area contributed by atoms with Gasteiger partial charge in [0.2, 0.25) is 11.8 Å². The van der Waals surface area contributed by atoms with E-state index >= 15 is 0 Å². The van der Waals surface area contributed by atoms with Gasteiger partial charge < -0.3 is 35.5 Å². The average Bonchev–Trinajstić information content (AvgIpc) is 3.20. The van der Waals surface area contributed by atoms with Gasteiger partial charge in [-0.2, -0.15) is 4.98 Å². The van der Waals surface area contributed by atoms with E-state index in [1.54, 1.807) is 32.5 Å². The Morgan fingerprint density at radius 1 is 1.39 bits per heavy atom. The van der Waals surface area contributed by atoms with Gasteiger partial charge in [0.25, 0.3) is 5.91 Å². The highest BCUT2D eigenvalue weighted by molar-refractivity contribution is 6.33. The number of nitrogen functional groups attached to an aromatic ring is 1. The Labute approximate surface area is 216 Å². The lowest BCUT2D eigenvalue weighted by atomic mass is 9.97. The van der Waals surface area contributed by atoms with E-state index in [4.69, 9.17) is 31.5 Å². The van der Waals surface area contributed by atoms with E-state index in [2.05, 4.69) is 25.5 Å². The van der Waals surface area contributed by atoms with Crippen molar-refractivity contribution in [1.82, 2.24) is 20.2 Å². The lowest BCUT2D eigenvalue weighted by Crippen LogP contribution is -2.55. The van der Waals surface area contributed by atoms with Crippen molar-refractivity contribution in [2.75, 3.05) is 51.4 Å².